The summed E-state index contributed by atoms with van der Waals surface area (Å²) in [5, 5.41) is 0.689. The van der Waals surface area contributed by atoms with Gasteiger partial charge in [-0.3, -0.25) is 4.21 Å². The minimum absolute atomic E-state index is 0. The Kier molecular flexibility index (Phi) is 11.8. The van der Waals surface area contributed by atoms with E-state index in [-0.39, 0.29) is 22.0 Å². The second-order valence-electron chi connectivity index (χ2n) is 9.92. The maximum atomic E-state index is 13.0. The van der Waals surface area contributed by atoms with Gasteiger partial charge >= 0.3 is 17.1 Å². The van der Waals surface area contributed by atoms with E-state index >= 15 is 0 Å². The van der Waals surface area contributed by atoms with Crippen molar-refractivity contribution < 1.29 is 29.7 Å². The molecule has 33 heavy (non-hydrogen) atoms. The van der Waals surface area contributed by atoms with Crippen LogP contribution in [0.25, 0.3) is 0 Å². The van der Waals surface area contributed by atoms with Gasteiger partial charge in [0.25, 0.3) is 0 Å². The number of nitrogens with one attached hydrogen (secondary N) is 1. The van der Waals surface area contributed by atoms with Crippen molar-refractivity contribution in [3.05, 3.63) is 92.4 Å². The molecule has 0 aromatic heterocycles. The van der Waals surface area contributed by atoms with E-state index in [1.54, 1.807) is 24.3 Å². The molecule has 0 saturated heterocycles. The Hall–Kier alpha value is -0.201. The molecule has 0 amide bonds. The van der Waals surface area contributed by atoms with E-state index in [1.807, 2.05) is 99.8 Å². The summed E-state index contributed by atoms with van der Waals surface area (Å²) in [5.41, 5.74) is 0.600. The van der Waals surface area contributed by atoms with Gasteiger partial charge in [-0.1, -0.05) is 38.5 Å². The molecule has 4 nitrogen and oxygen atoms in total. The third-order valence-electron chi connectivity index (χ3n) is 4.90. The Morgan fingerprint density at radius 3 is 1.73 bits per heavy atom. The molecule has 0 heterocycles. The third-order valence-corrected chi connectivity index (χ3v) is 8.22. The zero-order chi connectivity index (χ0) is 24.2. The summed E-state index contributed by atoms with van der Waals surface area (Å²) in [6, 6.07) is 6.28. The van der Waals surface area contributed by atoms with Crippen molar-refractivity contribution in [3.63, 3.8) is 0 Å². The molecule has 0 bridgehead atoms. The van der Waals surface area contributed by atoms with Gasteiger partial charge in [0.1, 0.15) is 0 Å². The van der Waals surface area contributed by atoms with Gasteiger partial charge in [0.05, 0.1) is 10.1 Å². The standard InChI is InChI=1S/C21H30NO3S2.C5H5.Fe/c1-15-11-13-16(14-12-15)27(24,25)22-19(20(2,3)4)17-9-8-10-18(17)26(23)21(5,6)7;1-2-4-5-3-1;/h8-14,19,22H,1-7H3;1-5H;/q;;+2/t19-,26-;;/m1../s1. The van der Waals surface area contributed by atoms with Gasteiger partial charge in [-0.05, 0) is 96.6 Å². The number of rotatable bonds is 5. The van der Waals surface area contributed by atoms with Crippen LogP contribution in [0.3, 0.4) is 0 Å². The molecule has 2 fully saturated rings. The number of aryl methyl sites for hydroxylation is 1. The van der Waals surface area contributed by atoms with Crippen LogP contribution in [0.2, 0.25) is 0 Å². The smallest absolute Gasteiger partial charge is 0.258 e. The monoisotopic (exact) mass is 529 g/mol. The van der Waals surface area contributed by atoms with Crippen LogP contribution in [0.4, 0.5) is 0 Å². The predicted octanol–water partition coefficient (Wildman–Crippen LogP) is 4.99. The second kappa shape index (κ2) is 12.7. The van der Waals surface area contributed by atoms with Crippen molar-refractivity contribution in [1.82, 2.24) is 4.72 Å². The van der Waals surface area contributed by atoms with E-state index in [9.17, 15) is 12.6 Å². The fourth-order valence-electron chi connectivity index (χ4n) is 3.12. The maximum absolute atomic E-state index is 13.0. The van der Waals surface area contributed by atoms with E-state index in [2.05, 4.69) is 4.72 Å². The second-order valence-corrected chi connectivity index (χ2v) is 13.8. The van der Waals surface area contributed by atoms with Crippen LogP contribution < -0.4 is 4.72 Å². The SMILES string of the molecule is Cc1ccc(S(=O)(=O)N[C@H]([C]2[CH][CH][CH][C]2[S@@](=O)C(C)(C)C)C(C)(C)C)cc1.[CH]1[CH][CH][CH][CH]1.[Fe+2]. The van der Waals surface area contributed by atoms with Gasteiger partial charge in [-0.15, -0.1) is 0 Å². The average Bonchev–Trinajstić information content (AvgIpc) is 3.39. The number of hydrogen-bond donors (Lipinski definition) is 1. The molecule has 180 valence electrons. The van der Waals surface area contributed by atoms with E-state index in [0.29, 0.717) is 5.25 Å². The minimum atomic E-state index is -3.71. The molecule has 3 rings (SSSR count). The van der Waals surface area contributed by atoms with Gasteiger partial charge < -0.3 is 0 Å². The van der Waals surface area contributed by atoms with E-state index < -0.39 is 37.0 Å². The summed E-state index contributed by atoms with van der Waals surface area (Å²) in [6.45, 7) is 13.6. The van der Waals surface area contributed by atoms with Crippen molar-refractivity contribution in [2.45, 2.75) is 64.2 Å². The molecule has 1 aromatic rings. The first-order chi connectivity index (χ1) is 14.7. The van der Waals surface area contributed by atoms with Crippen molar-refractivity contribution in [1.29, 1.82) is 0 Å². The van der Waals surface area contributed by atoms with Crippen LogP contribution in [0.5, 0.6) is 0 Å². The quantitative estimate of drug-likeness (QED) is 0.547. The maximum Gasteiger partial charge on any atom is 2.00 e. The van der Waals surface area contributed by atoms with Gasteiger partial charge in [0, 0.05) is 27.5 Å². The minimum Gasteiger partial charge on any atom is -0.258 e. The van der Waals surface area contributed by atoms with Crippen LogP contribution in [-0.2, 0) is 37.9 Å². The van der Waals surface area contributed by atoms with E-state index in [4.69, 9.17) is 0 Å². The number of sulfonamides is 1. The largest absolute Gasteiger partial charge is 2.00 e. The summed E-state index contributed by atoms with van der Waals surface area (Å²) >= 11 is 0. The fourth-order valence-corrected chi connectivity index (χ4v) is 5.81. The zero-order valence-electron chi connectivity index (χ0n) is 20.4. The van der Waals surface area contributed by atoms with E-state index in [0.717, 1.165) is 11.5 Å². The molecule has 1 aromatic carbocycles. The molecular weight excluding hydrogens is 494 g/mol. The summed E-state index contributed by atoms with van der Waals surface area (Å²) < 4.78 is 41.4. The van der Waals surface area contributed by atoms with Crippen LogP contribution in [-0.4, -0.2) is 23.4 Å². The van der Waals surface area contributed by atoms with Crippen molar-refractivity contribution in [2.24, 2.45) is 5.41 Å². The number of benzene rings is 1. The molecule has 0 aliphatic heterocycles. The van der Waals surface area contributed by atoms with Crippen molar-refractivity contribution in [2.75, 3.05) is 0 Å². The first-order valence-corrected chi connectivity index (χ1v) is 13.3. The van der Waals surface area contributed by atoms with Gasteiger partial charge in [0.2, 0.25) is 10.0 Å². The Bertz CT molecular complexity index is 843. The molecule has 2 aliphatic carbocycles. The van der Waals surface area contributed by atoms with Gasteiger partial charge in [-0.25, -0.2) is 13.1 Å². The molecule has 0 spiro atoms. The Balaban J connectivity index is 0.000000799. The van der Waals surface area contributed by atoms with Crippen LogP contribution >= 0.6 is 0 Å². The summed E-state index contributed by atoms with van der Waals surface area (Å²) in [7, 11) is -4.96. The zero-order valence-corrected chi connectivity index (χ0v) is 23.1. The molecule has 2 atom stereocenters. The third kappa shape index (κ3) is 9.07. The summed E-state index contributed by atoms with van der Waals surface area (Å²) in [6.07, 6.45) is 15.5. The molecule has 2 saturated carbocycles. The molecule has 0 unspecified atom stereocenters. The Morgan fingerprint density at radius 2 is 1.30 bits per heavy atom. The summed E-state index contributed by atoms with van der Waals surface area (Å²) in [5.74, 6) is 0.770. The van der Waals surface area contributed by atoms with Crippen LogP contribution in [0, 0.1) is 74.9 Å². The van der Waals surface area contributed by atoms with Gasteiger partial charge in [-0.2, -0.15) is 0 Å². The molecule has 10 radical (unpaired) electrons. The topological polar surface area (TPSA) is 63.2 Å². The van der Waals surface area contributed by atoms with Crippen LogP contribution in [0.15, 0.2) is 29.2 Å². The van der Waals surface area contributed by atoms with Crippen molar-refractivity contribution >= 4 is 20.8 Å². The van der Waals surface area contributed by atoms with Crippen LogP contribution in [0.1, 0.15) is 47.1 Å². The van der Waals surface area contributed by atoms with Crippen molar-refractivity contribution in [3.8, 4) is 0 Å². The summed E-state index contributed by atoms with van der Waals surface area (Å²) in [4.78, 5) is 0.229. The van der Waals surface area contributed by atoms with E-state index in [1.165, 1.54) is 0 Å². The average molecular weight is 530 g/mol. The molecular formula is C26H35FeNO3S2+2. The molecule has 2 aliphatic rings. The first kappa shape index (κ1) is 30.8. The Morgan fingerprint density at radius 1 is 0.818 bits per heavy atom. The predicted molar refractivity (Wildman–Crippen MR) is 134 cm³/mol. The molecule has 7 heteroatoms. The van der Waals surface area contributed by atoms with Gasteiger partial charge in [0.15, 0.2) is 0 Å². The molecule has 1 N–H and O–H groups in total. The first-order valence-electron chi connectivity index (χ1n) is 10.7. The number of hydrogen-bond acceptors (Lipinski definition) is 3. The Labute approximate surface area is 216 Å². The fraction of sp³-hybridized carbons (Fsp3) is 0.385. The normalized spacial score (nSPS) is 20.0.